The molecule has 4 heterocycles. The van der Waals surface area contributed by atoms with Crippen molar-refractivity contribution in [1.82, 2.24) is 34.5 Å². The average molecular weight is 462 g/mol. The van der Waals surface area contributed by atoms with Gasteiger partial charge in [-0.05, 0) is 40.3 Å². The first-order valence-electron chi connectivity index (χ1n) is 11.3. The van der Waals surface area contributed by atoms with E-state index >= 15 is 0 Å². The van der Waals surface area contributed by atoms with E-state index < -0.39 is 0 Å². The number of benzene rings is 2. The smallest absolute Gasteiger partial charge is 0.186 e. The van der Waals surface area contributed by atoms with E-state index in [1.54, 1.807) is 18.7 Å². The van der Waals surface area contributed by atoms with Crippen LogP contribution in [-0.2, 0) is 19.6 Å². The molecule has 172 valence electrons. The Morgan fingerprint density at radius 3 is 2.40 bits per heavy atom. The van der Waals surface area contributed by atoms with Gasteiger partial charge in [0, 0.05) is 36.7 Å². The van der Waals surface area contributed by atoms with Gasteiger partial charge in [-0.15, -0.1) is 0 Å². The number of rotatable bonds is 7. The summed E-state index contributed by atoms with van der Waals surface area (Å²) in [6.07, 6.45) is 9.01. The van der Waals surface area contributed by atoms with E-state index in [1.165, 1.54) is 5.56 Å². The number of hydrogen-bond donors (Lipinski definition) is 2. The Morgan fingerprint density at radius 2 is 1.60 bits per heavy atom. The summed E-state index contributed by atoms with van der Waals surface area (Å²) in [4.78, 5) is 13.0. The van der Waals surface area contributed by atoms with Gasteiger partial charge in [0.05, 0.1) is 18.5 Å². The third kappa shape index (κ3) is 4.39. The quantitative estimate of drug-likeness (QED) is 0.371. The summed E-state index contributed by atoms with van der Waals surface area (Å²) in [7, 11) is 0. The molecule has 0 aliphatic heterocycles. The number of anilines is 2. The summed E-state index contributed by atoms with van der Waals surface area (Å²) in [6, 6.07) is 18.5. The monoisotopic (exact) mass is 461 g/mol. The molecule has 4 aromatic heterocycles. The van der Waals surface area contributed by atoms with Gasteiger partial charge in [0.2, 0.25) is 0 Å². The summed E-state index contributed by atoms with van der Waals surface area (Å²) in [5.74, 6) is 1.30. The second-order valence-electron chi connectivity index (χ2n) is 8.41. The SMILES string of the molecule is Nc1nccc2cc(CNc3ncnc4nn(Cc5ccc(Cn6cccn6)cc5)cc34)ccc12. The fraction of sp³-hybridized carbons (Fsp3) is 0.115. The van der Waals surface area contributed by atoms with E-state index in [9.17, 15) is 0 Å². The highest BCUT2D eigenvalue weighted by molar-refractivity contribution is 5.91. The van der Waals surface area contributed by atoms with Crippen molar-refractivity contribution in [1.29, 1.82) is 0 Å². The first kappa shape index (κ1) is 20.8. The molecule has 9 heteroatoms. The number of nitrogens with two attached hydrogens (primary N) is 1. The maximum atomic E-state index is 5.97. The molecule has 0 aliphatic rings. The minimum absolute atomic E-state index is 0.541. The summed E-state index contributed by atoms with van der Waals surface area (Å²) in [5.41, 5.74) is 10.1. The van der Waals surface area contributed by atoms with Crippen LogP contribution in [0.1, 0.15) is 16.7 Å². The van der Waals surface area contributed by atoms with Gasteiger partial charge in [0.1, 0.15) is 18.0 Å². The van der Waals surface area contributed by atoms with Crippen molar-refractivity contribution in [2.24, 2.45) is 0 Å². The zero-order valence-corrected chi connectivity index (χ0v) is 18.9. The van der Waals surface area contributed by atoms with Gasteiger partial charge in [-0.2, -0.15) is 10.2 Å². The number of pyridine rings is 1. The lowest BCUT2D eigenvalue weighted by Gasteiger charge is -2.08. The van der Waals surface area contributed by atoms with E-state index in [-0.39, 0.29) is 0 Å². The maximum Gasteiger partial charge on any atom is 0.186 e. The van der Waals surface area contributed by atoms with Crippen LogP contribution < -0.4 is 11.1 Å². The molecule has 0 spiro atoms. The van der Waals surface area contributed by atoms with E-state index in [0.717, 1.165) is 39.6 Å². The Kier molecular flexibility index (Phi) is 5.27. The Balaban J connectivity index is 1.17. The number of fused-ring (bicyclic) bond motifs is 2. The molecule has 2 aromatic carbocycles. The molecule has 0 radical (unpaired) electrons. The van der Waals surface area contributed by atoms with Crippen LogP contribution in [0.3, 0.4) is 0 Å². The summed E-state index contributed by atoms with van der Waals surface area (Å²) >= 11 is 0. The minimum atomic E-state index is 0.541. The normalized spacial score (nSPS) is 11.3. The van der Waals surface area contributed by atoms with Gasteiger partial charge >= 0.3 is 0 Å². The van der Waals surface area contributed by atoms with Crippen molar-refractivity contribution in [3.05, 3.63) is 102 Å². The van der Waals surface area contributed by atoms with E-state index in [1.807, 2.05) is 46.0 Å². The molecule has 9 nitrogen and oxygen atoms in total. The Hall–Kier alpha value is -4.79. The van der Waals surface area contributed by atoms with Crippen molar-refractivity contribution < 1.29 is 0 Å². The molecular weight excluding hydrogens is 438 g/mol. The fourth-order valence-corrected chi connectivity index (χ4v) is 4.17. The van der Waals surface area contributed by atoms with Gasteiger partial charge in [-0.3, -0.25) is 9.36 Å². The van der Waals surface area contributed by atoms with Gasteiger partial charge < -0.3 is 11.1 Å². The van der Waals surface area contributed by atoms with Crippen LogP contribution in [0.2, 0.25) is 0 Å². The van der Waals surface area contributed by atoms with Crippen LogP contribution in [0.4, 0.5) is 11.6 Å². The third-order valence-electron chi connectivity index (χ3n) is 5.96. The van der Waals surface area contributed by atoms with Crippen LogP contribution in [0.15, 0.2) is 85.7 Å². The zero-order valence-electron chi connectivity index (χ0n) is 18.9. The number of nitrogens with zero attached hydrogens (tertiary/aromatic N) is 7. The molecule has 0 bridgehead atoms. The van der Waals surface area contributed by atoms with E-state index in [4.69, 9.17) is 5.73 Å². The van der Waals surface area contributed by atoms with Crippen LogP contribution in [0.25, 0.3) is 21.8 Å². The molecule has 0 saturated heterocycles. The molecule has 0 atom stereocenters. The predicted molar refractivity (Wildman–Crippen MR) is 136 cm³/mol. The molecule has 0 saturated carbocycles. The molecule has 0 amide bonds. The van der Waals surface area contributed by atoms with Crippen molar-refractivity contribution >= 4 is 33.4 Å². The highest BCUT2D eigenvalue weighted by atomic mass is 15.3. The first-order chi connectivity index (χ1) is 17.2. The van der Waals surface area contributed by atoms with Gasteiger partial charge in [0.25, 0.3) is 0 Å². The molecular formula is C26H23N9. The molecule has 6 aromatic rings. The molecule has 6 rings (SSSR count). The van der Waals surface area contributed by atoms with E-state index in [2.05, 4.69) is 60.8 Å². The molecule has 0 aliphatic carbocycles. The lowest BCUT2D eigenvalue weighted by molar-refractivity contribution is 0.681. The van der Waals surface area contributed by atoms with Gasteiger partial charge in [0.15, 0.2) is 5.65 Å². The van der Waals surface area contributed by atoms with Crippen molar-refractivity contribution in [3.63, 3.8) is 0 Å². The largest absolute Gasteiger partial charge is 0.383 e. The lowest BCUT2D eigenvalue weighted by atomic mass is 10.1. The highest BCUT2D eigenvalue weighted by Crippen LogP contribution is 2.22. The summed E-state index contributed by atoms with van der Waals surface area (Å²) < 4.78 is 3.81. The van der Waals surface area contributed by atoms with Crippen molar-refractivity contribution in [3.8, 4) is 0 Å². The number of nitrogen functional groups attached to an aromatic ring is 1. The highest BCUT2D eigenvalue weighted by Gasteiger charge is 2.10. The number of aromatic nitrogens is 7. The van der Waals surface area contributed by atoms with Gasteiger partial charge in [-0.1, -0.05) is 36.4 Å². The number of hydrogen-bond acceptors (Lipinski definition) is 7. The molecule has 0 unspecified atom stereocenters. The fourth-order valence-electron chi connectivity index (χ4n) is 4.17. The zero-order chi connectivity index (χ0) is 23.6. The second-order valence-corrected chi connectivity index (χ2v) is 8.41. The van der Waals surface area contributed by atoms with Crippen LogP contribution in [0, 0.1) is 0 Å². The summed E-state index contributed by atoms with van der Waals surface area (Å²) in [5, 5.41) is 15.2. The van der Waals surface area contributed by atoms with Crippen LogP contribution in [0.5, 0.6) is 0 Å². The average Bonchev–Trinajstić information content (AvgIpc) is 3.54. The molecule has 35 heavy (non-hydrogen) atoms. The Bertz CT molecular complexity index is 1600. The number of nitrogens with one attached hydrogen (secondary N) is 1. The van der Waals surface area contributed by atoms with Crippen molar-refractivity contribution in [2.45, 2.75) is 19.6 Å². The van der Waals surface area contributed by atoms with Crippen molar-refractivity contribution in [2.75, 3.05) is 11.1 Å². The molecule has 0 fully saturated rings. The third-order valence-corrected chi connectivity index (χ3v) is 5.96. The summed E-state index contributed by atoms with van der Waals surface area (Å²) in [6.45, 7) is 2.02. The first-order valence-corrected chi connectivity index (χ1v) is 11.3. The standard InChI is InChI=1S/C26H23N9/c27-24-22-7-6-20(12-21(22)8-10-28-24)13-29-25-23-16-35(33-26(23)31-17-30-25)15-19-4-2-18(3-5-19)14-34-11-1-9-32-34/h1-12,16-17H,13-15H2,(H2,27,28)(H,29,30,31,33). The topological polar surface area (TPSA) is 112 Å². The predicted octanol–water partition coefficient (Wildman–Crippen LogP) is 3.86. The Morgan fingerprint density at radius 1 is 0.800 bits per heavy atom. The minimum Gasteiger partial charge on any atom is -0.383 e. The van der Waals surface area contributed by atoms with E-state index in [0.29, 0.717) is 24.6 Å². The molecule has 3 N–H and O–H groups in total. The maximum absolute atomic E-state index is 5.97. The van der Waals surface area contributed by atoms with Gasteiger partial charge in [-0.25, -0.2) is 15.0 Å². The lowest BCUT2D eigenvalue weighted by Crippen LogP contribution is -2.02. The Labute approximate surface area is 201 Å². The van der Waals surface area contributed by atoms with Crippen LogP contribution >= 0.6 is 0 Å². The van der Waals surface area contributed by atoms with Crippen LogP contribution in [-0.4, -0.2) is 34.5 Å². The second kappa shape index (κ2) is 8.86.